The van der Waals surface area contributed by atoms with Crippen LogP contribution in [0.5, 0.6) is 0 Å². The van der Waals surface area contributed by atoms with Crippen molar-refractivity contribution in [2.24, 2.45) is 5.92 Å². The van der Waals surface area contributed by atoms with E-state index in [9.17, 15) is 15.0 Å². The average molecular weight is 277 g/mol. The first-order valence-electron chi connectivity index (χ1n) is 7.19. The van der Waals surface area contributed by atoms with Crippen molar-refractivity contribution in [1.29, 1.82) is 0 Å². The van der Waals surface area contributed by atoms with Crippen LogP contribution in [-0.4, -0.2) is 40.2 Å². The lowest BCUT2D eigenvalue weighted by atomic mass is 9.96. The van der Waals surface area contributed by atoms with Gasteiger partial charge >= 0.3 is 5.97 Å². The van der Waals surface area contributed by atoms with E-state index in [1.54, 1.807) is 0 Å². The molecule has 1 aliphatic rings. The zero-order valence-corrected chi connectivity index (χ0v) is 12.1. The SMILES string of the molecule is CC(C)[C@H](C(=O)O)N1CC[C@H](c2cccc(CO)c2)C1. The van der Waals surface area contributed by atoms with Gasteiger partial charge in [-0.1, -0.05) is 38.1 Å². The van der Waals surface area contributed by atoms with Crippen molar-refractivity contribution >= 4 is 5.97 Å². The third-order valence-electron chi connectivity index (χ3n) is 4.10. The molecule has 0 aliphatic carbocycles. The number of aliphatic carboxylic acids is 1. The van der Waals surface area contributed by atoms with Crippen molar-refractivity contribution in [3.8, 4) is 0 Å². The Kier molecular flexibility index (Phi) is 4.78. The molecule has 20 heavy (non-hydrogen) atoms. The Balaban J connectivity index is 2.09. The number of hydrogen-bond acceptors (Lipinski definition) is 3. The van der Waals surface area contributed by atoms with Gasteiger partial charge in [-0.25, -0.2) is 0 Å². The van der Waals surface area contributed by atoms with Crippen molar-refractivity contribution in [3.63, 3.8) is 0 Å². The molecule has 4 heteroatoms. The summed E-state index contributed by atoms with van der Waals surface area (Å²) in [4.78, 5) is 13.5. The van der Waals surface area contributed by atoms with E-state index in [0.29, 0.717) is 5.92 Å². The predicted octanol–water partition coefficient (Wildman–Crippen LogP) is 2.08. The first-order chi connectivity index (χ1) is 9.52. The Morgan fingerprint density at radius 1 is 1.45 bits per heavy atom. The van der Waals surface area contributed by atoms with Crippen molar-refractivity contribution in [2.75, 3.05) is 13.1 Å². The molecule has 2 rings (SSSR count). The maximum atomic E-state index is 11.4. The predicted molar refractivity (Wildman–Crippen MR) is 77.6 cm³/mol. The van der Waals surface area contributed by atoms with Gasteiger partial charge in [-0.15, -0.1) is 0 Å². The molecular weight excluding hydrogens is 254 g/mol. The molecule has 1 aromatic carbocycles. The van der Waals surface area contributed by atoms with Gasteiger partial charge in [0, 0.05) is 6.54 Å². The quantitative estimate of drug-likeness (QED) is 0.865. The molecule has 1 aromatic rings. The van der Waals surface area contributed by atoms with Gasteiger partial charge in [-0.3, -0.25) is 9.69 Å². The third kappa shape index (κ3) is 3.19. The zero-order chi connectivity index (χ0) is 14.7. The highest BCUT2D eigenvalue weighted by Crippen LogP contribution is 2.30. The molecule has 1 fully saturated rings. The van der Waals surface area contributed by atoms with Gasteiger partial charge < -0.3 is 10.2 Å². The van der Waals surface area contributed by atoms with Gasteiger partial charge in [-0.05, 0) is 35.9 Å². The van der Waals surface area contributed by atoms with E-state index in [-0.39, 0.29) is 12.5 Å². The summed E-state index contributed by atoms with van der Waals surface area (Å²) in [5.41, 5.74) is 2.12. The average Bonchev–Trinajstić information content (AvgIpc) is 2.87. The second-order valence-electron chi connectivity index (χ2n) is 5.91. The summed E-state index contributed by atoms with van der Waals surface area (Å²) in [7, 11) is 0. The molecule has 0 aromatic heterocycles. The fraction of sp³-hybridized carbons (Fsp3) is 0.562. The smallest absolute Gasteiger partial charge is 0.321 e. The van der Waals surface area contributed by atoms with Crippen LogP contribution in [-0.2, 0) is 11.4 Å². The monoisotopic (exact) mass is 277 g/mol. The second-order valence-corrected chi connectivity index (χ2v) is 5.91. The van der Waals surface area contributed by atoms with Crippen LogP contribution in [0.1, 0.15) is 37.3 Å². The molecular formula is C16H23NO3. The lowest BCUT2D eigenvalue weighted by Crippen LogP contribution is -2.43. The number of benzene rings is 1. The molecule has 0 bridgehead atoms. The van der Waals surface area contributed by atoms with Crippen LogP contribution in [0.3, 0.4) is 0 Å². The van der Waals surface area contributed by atoms with E-state index in [4.69, 9.17) is 0 Å². The molecule has 0 radical (unpaired) electrons. The number of carboxylic acids is 1. The first-order valence-corrected chi connectivity index (χ1v) is 7.19. The van der Waals surface area contributed by atoms with Crippen molar-refractivity contribution < 1.29 is 15.0 Å². The number of hydrogen-bond donors (Lipinski definition) is 2. The standard InChI is InChI=1S/C16H23NO3/c1-11(2)15(16(19)20)17-7-6-14(9-17)13-5-3-4-12(8-13)10-18/h3-5,8,11,14-15,18H,6-7,9-10H2,1-2H3,(H,19,20)/t14-,15+/m0/s1. The summed E-state index contributed by atoms with van der Waals surface area (Å²) in [6, 6.07) is 7.56. The Hall–Kier alpha value is -1.39. The van der Waals surface area contributed by atoms with E-state index in [2.05, 4.69) is 11.0 Å². The lowest BCUT2D eigenvalue weighted by molar-refractivity contribution is -0.144. The van der Waals surface area contributed by atoms with Crippen LogP contribution in [0.2, 0.25) is 0 Å². The Morgan fingerprint density at radius 3 is 2.80 bits per heavy atom. The second kappa shape index (κ2) is 6.37. The Bertz CT molecular complexity index is 473. The summed E-state index contributed by atoms with van der Waals surface area (Å²) in [6.07, 6.45) is 0.978. The summed E-state index contributed by atoms with van der Waals surface area (Å²) in [5.74, 6) is -0.262. The third-order valence-corrected chi connectivity index (χ3v) is 4.10. The number of carboxylic acid groups (broad SMARTS) is 1. The number of aliphatic hydroxyl groups excluding tert-OH is 1. The summed E-state index contributed by atoms with van der Waals surface area (Å²) in [6.45, 7) is 5.57. The van der Waals surface area contributed by atoms with Crippen molar-refractivity contribution in [1.82, 2.24) is 4.90 Å². The maximum absolute atomic E-state index is 11.4. The minimum atomic E-state index is -0.732. The molecule has 1 aliphatic heterocycles. The van der Waals surface area contributed by atoms with Crippen LogP contribution in [0.25, 0.3) is 0 Å². The van der Waals surface area contributed by atoms with Crippen molar-refractivity contribution in [3.05, 3.63) is 35.4 Å². The molecule has 0 spiro atoms. The van der Waals surface area contributed by atoms with Crippen molar-refractivity contribution in [2.45, 2.75) is 38.8 Å². The molecule has 0 amide bonds. The van der Waals surface area contributed by atoms with Gasteiger partial charge in [0.1, 0.15) is 6.04 Å². The minimum Gasteiger partial charge on any atom is -0.480 e. The van der Waals surface area contributed by atoms with Crippen LogP contribution >= 0.6 is 0 Å². The highest BCUT2D eigenvalue weighted by atomic mass is 16.4. The van der Waals surface area contributed by atoms with Gasteiger partial charge in [0.15, 0.2) is 0 Å². The molecule has 0 saturated carbocycles. The van der Waals surface area contributed by atoms with E-state index >= 15 is 0 Å². The number of likely N-dealkylation sites (tertiary alicyclic amines) is 1. The molecule has 4 nitrogen and oxygen atoms in total. The Labute approximate surface area is 120 Å². The van der Waals surface area contributed by atoms with Crippen LogP contribution in [0.15, 0.2) is 24.3 Å². The summed E-state index contributed by atoms with van der Waals surface area (Å²) < 4.78 is 0. The summed E-state index contributed by atoms with van der Waals surface area (Å²) in [5, 5.41) is 18.6. The fourth-order valence-corrected chi connectivity index (χ4v) is 3.12. The lowest BCUT2D eigenvalue weighted by Gasteiger charge is -2.27. The van der Waals surface area contributed by atoms with E-state index in [1.165, 1.54) is 5.56 Å². The van der Waals surface area contributed by atoms with E-state index in [1.807, 2.05) is 32.0 Å². The molecule has 1 heterocycles. The van der Waals surface area contributed by atoms with Gasteiger partial charge in [0.2, 0.25) is 0 Å². The topological polar surface area (TPSA) is 60.8 Å². The largest absolute Gasteiger partial charge is 0.480 e. The molecule has 2 N–H and O–H groups in total. The van der Waals surface area contributed by atoms with E-state index in [0.717, 1.165) is 25.1 Å². The van der Waals surface area contributed by atoms with Crippen LogP contribution in [0, 0.1) is 5.92 Å². The maximum Gasteiger partial charge on any atom is 0.321 e. The first kappa shape index (κ1) is 15.0. The number of carbonyl (C=O) groups is 1. The van der Waals surface area contributed by atoms with Gasteiger partial charge in [0.05, 0.1) is 6.61 Å². The highest BCUT2D eigenvalue weighted by Gasteiger charge is 2.34. The number of aliphatic hydroxyl groups is 1. The van der Waals surface area contributed by atoms with E-state index < -0.39 is 12.0 Å². The summed E-state index contributed by atoms with van der Waals surface area (Å²) >= 11 is 0. The molecule has 110 valence electrons. The molecule has 0 unspecified atom stereocenters. The number of rotatable bonds is 5. The normalized spacial score (nSPS) is 21.3. The fourth-order valence-electron chi connectivity index (χ4n) is 3.12. The number of nitrogens with zero attached hydrogens (tertiary/aromatic N) is 1. The zero-order valence-electron chi connectivity index (χ0n) is 12.1. The molecule has 1 saturated heterocycles. The van der Waals surface area contributed by atoms with Gasteiger partial charge in [0.25, 0.3) is 0 Å². The van der Waals surface area contributed by atoms with Crippen LogP contribution in [0.4, 0.5) is 0 Å². The highest BCUT2D eigenvalue weighted by molar-refractivity contribution is 5.73. The van der Waals surface area contributed by atoms with Gasteiger partial charge in [-0.2, -0.15) is 0 Å². The Morgan fingerprint density at radius 2 is 2.20 bits per heavy atom. The van der Waals surface area contributed by atoms with Crippen LogP contribution < -0.4 is 0 Å². The molecule has 2 atom stereocenters. The minimum absolute atomic E-state index is 0.0496.